The second kappa shape index (κ2) is 5.99. The van der Waals surface area contributed by atoms with E-state index in [0.29, 0.717) is 12.1 Å². The van der Waals surface area contributed by atoms with E-state index in [2.05, 4.69) is 51.6 Å². The number of nitrogens with one attached hydrogen (secondary N) is 1. The Balaban J connectivity index is 1.89. The molecule has 3 heteroatoms. The molecule has 0 aliphatic heterocycles. The second-order valence-electron chi connectivity index (χ2n) is 4.81. The molecule has 0 bridgehead atoms. The average Bonchev–Trinajstić information content (AvgIpc) is 2.55. The quantitative estimate of drug-likeness (QED) is 0.723. The first-order valence-electron chi connectivity index (χ1n) is 6.68. The van der Waals surface area contributed by atoms with E-state index in [1.807, 2.05) is 36.4 Å². The summed E-state index contributed by atoms with van der Waals surface area (Å²) in [6, 6.07) is 22.2. The molecule has 0 atom stereocenters. The summed E-state index contributed by atoms with van der Waals surface area (Å²) < 4.78 is 1.09. The van der Waals surface area contributed by atoms with Gasteiger partial charge in [0, 0.05) is 22.1 Å². The van der Waals surface area contributed by atoms with E-state index < -0.39 is 0 Å². The van der Waals surface area contributed by atoms with Gasteiger partial charge >= 0.3 is 0 Å². The Morgan fingerprint density at radius 3 is 2.57 bits per heavy atom. The van der Waals surface area contributed by atoms with Crippen LogP contribution in [-0.2, 0) is 6.54 Å². The van der Waals surface area contributed by atoms with Crippen LogP contribution in [0, 0.1) is 11.3 Å². The van der Waals surface area contributed by atoms with Crippen molar-refractivity contribution < 1.29 is 0 Å². The Kier molecular flexibility index (Phi) is 3.89. The molecule has 0 aliphatic rings. The zero-order valence-corrected chi connectivity index (χ0v) is 12.9. The smallest absolute Gasteiger partial charge is 0.0991 e. The van der Waals surface area contributed by atoms with Gasteiger partial charge in [-0.1, -0.05) is 52.3 Å². The maximum atomic E-state index is 8.94. The normalized spacial score (nSPS) is 10.3. The van der Waals surface area contributed by atoms with Crippen molar-refractivity contribution in [2.45, 2.75) is 6.54 Å². The van der Waals surface area contributed by atoms with Crippen molar-refractivity contribution in [3.8, 4) is 6.07 Å². The predicted molar refractivity (Wildman–Crippen MR) is 90.1 cm³/mol. The third-order valence-corrected chi connectivity index (χ3v) is 4.10. The molecule has 0 radical (unpaired) electrons. The van der Waals surface area contributed by atoms with Crippen LogP contribution in [0.3, 0.4) is 0 Å². The first-order chi connectivity index (χ1) is 10.3. The van der Waals surface area contributed by atoms with Gasteiger partial charge in [0.05, 0.1) is 11.6 Å². The van der Waals surface area contributed by atoms with Crippen LogP contribution in [0.4, 0.5) is 5.69 Å². The lowest BCUT2D eigenvalue weighted by atomic mass is 10.1. The number of rotatable bonds is 3. The monoisotopic (exact) mass is 336 g/mol. The van der Waals surface area contributed by atoms with Gasteiger partial charge in [-0.05, 0) is 35.2 Å². The number of anilines is 1. The summed E-state index contributed by atoms with van der Waals surface area (Å²) in [6.07, 6.45) is 0. The predicted octanol–water partition coefficient (Wildman–Crippen LogP) is 5.09. The Labute approximate surface area is 132 Å². The van der Waals surface area contributed by atoms with Crippen molar-refractivity contribution in [1.29, 1.82) is 5.26 Å². The second-order valence-corrected chi connectivity index (χ2v) is 5.66. The lowest BCUT2D eigenvalue weighted by Gasteiger charge is -2.11. The van der Waals surface area contributed by atoms with Crippen molar-refractivity contribution in [1.82, 2.24) is 0 Å². The zero-order chi connectivity index (χ0) is 14.7. The summed E-state index contributed by atoms with van der Waals surface area (Å²) in [6.45, 7) is 0.696. The topological polar surface area (TPSA) is 35.8 Å². The van der Waals surface area contributed by atoms with Gasteiger partial charge in [-0.3, -0.25) is 0 Å². The van der Waals surface area contributed by atoms with Gasteiger partial charge in [0.15, 0.2) is 0 Å². The van der Waals surface area contributed by atoms with Crippen molar-refractivity contribution in [2.24, 2.45) is 0 Å². The van der Waals surface area contributed by atoms with Gasteiger partial charge < -0.3 is 5.32 Å². The van der Waals surface area contributed by atoms with E-state index in [-0.39, 0.29) is 0 Å². The molecule has 2 nitrogen and oxygen atoms in total. The summed E-state index contributed by atoms with van der Waals surface area (Å²) >= 11 is 3.58. The van der Waals surface area contributed by atoms with Crippen LogP contribution < -0.4 is 5.32 Å². The fourth-order valence-electron chi connectivity index (χ4n) is 2.36. The maximum Gasteiger partial charge on any atom is 0.0991 e. The molecule has 0 saturated heterocycles. The zero-order valence-electron chi connectivity index (χ0n) is 11.3. The number of fused-ring (bicyclic) bond motifs is 1. The highest BCUT2D eigenvalue weighted by Gasteiger charge is 2.04. The first-order valence-corrected chi connectivity index (χ1v) is 7.47. The standard InChI is InChI=1S/C18H13BrN2/c19-17-8-9-18(16-7-2-1-6-15(16)17)21-12-14-5-3-4-13(10-14)11-20/h1-10,21H,12H2. The maximum absolute atomic E-state index is 8.94. The highest BCUT2D eigenvalue weighted by molar-refractivity contribution is 9.10. The summed E-state index contributed by atoms with van der Waals surface area (Å²) in [5, 5.41) is 14.8. The SMILES string of the molecule is N#Cc1cccc(CNc2ccc(Br)c3ccccc23)c1. The van der Waals surface area contributed by atoms with Crippen LogP contribution in [-0.4, -0.2) is 0 Å². The molecule has 0 heterocycles. The Bertz CT molecular complexity index is 834. The van der Waals surface area contributed by atoms with Crippen LogP contribution in [0.1, 0.15) is 11.1 Å². The average molecular weight is 337 g/mol. The van der Waals surface area contributed by atoms with Crippen LogP contribution >= 0.6 is 15.9 Å². The lowest BCUT2D eigenvalue weighted by Crippen LogP contribution is -2.00. The van der Waals surface area contributed by atoms with Crippen molar-refractivity contribution >= 4 is 32.4 Å². The number of nitriles is 1. The minimum atomic E-state index is 0.690. The van der Waals surface area contributed by atoms with E-state index in [9.17, 15) is 0 Å². The minimum Gasteiger partial charge on any atom is -0.380 e. The molecule has 0 fully saturated rings. The molecule has 0 saturated carbocycles. The molecule has 0 amide bonds. The van der Waals surface area contributed by atoms with E-state index in [0.717, 1.165) is 15.7 Å². The van der Waals surface area contributed by atoms with E-state index in [1.54, 1.807) is 0 Å². The molecule has 3 rings (SSSR count). The Morgan fingerprint density at radius 1 is 0.952 bits per heavy atom. The fourth-order valence-corrected chi connectivity index (χ4v) is 2.84. The molecule has 0 unspecified atom stereocenters. The Hall–Kier alpha value is -2.31. The summed E-state index contributed by atoms with van der Waals surface area (Å²) in [4.78, 5) is 0. The van der Waals surface area contributed by atoms with Crippen LogP contribution in [0.2, 0.25) is 0 Å². The van der Waals surface area contributed by atoms with Crippen LogP contribution in [0.25, 0.3) is 10.8 Å². The molecule has 3 aromatic carbocycles. The highest BCUT2D eigenvalue weighted by atomic mass is 79.9. The summed E-state index contributed by atoms with van der Waals surface area (Å²) in [5.41, 5.74) is 2.88. The number of hydrogen-bond donors (Lipinski definition) is 1. The van der Waals surface area contributed by atoms with Gasteiger partial charge in [0.25, 0.3) is 0 Å². The van der Waals surface area contributed by atoms with Crippen molar-refractivity contribution in [3.05, 3.63) is 76.3 Å². The van der Waals surface area contributed by atoms with E-state index in [4.69, 9.17) is 5.26 Å². The molecule has 3 aromatic rings. The molecule has 102 valence electrons. The molecule has 21 heavy (non-hydrogen) atoms. The van der Waals surface area contributed by atoms with Gasteiger partial charge in [0.2, 0.25) is 0 Å². The first kappa shape index (κ1) is 13.7. The molecular formula is C18H13BrN2. The van der Waals surface area contributed by atoms with E-state index >= 15 is 0 Å². The molecule has 0 aromatic heterocycles. The van der Waals surface area contributed by atoms with Crippen molar-refractivity contribution in [2.75, 3.05) is 5.32 Å². The molecule has 0 aliphatic carbocycles. The highest BCUT2D eigenvalue weighted by Crippen LogP contribution is 2.30. The molecule has 0 spiro atoms. The third-order valence-electron chi connectivity index (χ3n) is 3.41. The fraction of sp³-hybridized carbons (Fsp3) is 0.0556. The van der Waals surface area contributed by atoms with Gasteiger partial charge in [0.1, 0.15) is 0 Å². The third kappa shape index (κ3) is 2.91. The number of benzene rings is 3. The summed E-state index contributed by atoms with van der Waals surface area (Å²) in [7, 11) is 0. The van der Waals surface area contributed by atoms with Crippen LogP contribution in [0.15, 0.2) is 65.1 Å². The largest absolute Gasteiger partial charge is 0.380 e. The molecule has 1 N–H and O–H groups in total. The Morgan fingerprint density at radius 2 is 1.76 bits per heavy atom. The minimum absolute atomic E-state index is 0.690. The summed E-state index contributed by atoms with van der Waals surface area (Å²) in [5.74, 6) is 0. The lowest BCUT2D eigenvalue weighted by molar-refractivity contribution is 1.15. The number of nitrogens with zero attached hydrogens (tertiary/aromatic N) is 1. The van der Waals surface area contributed by atoms with E-state index in [1.165, 1.54) is 10.8 Å². The van der Waals surface area contributed by atoms with Gasteiger partial charge in [-0.15, -0.1) is 0 Å². The molecular weight excluding hydrogens is 324 g/mol. The van der Waals surface area contributed by atoms with Gasteiger partial charge in [-0.2, -0.15) is 5.26 Å². The van der Waals surface area contributed by atoms with Crippen molar-refractivity contribution in [3.63, 3.8) is 0 Å². The van der Waals surface area contributed by atoms with Gasteiger partial charge in [-0.25, -0.2) is 0 Å². The number of hydrogen-bond acceptors (Lipinski definition) is 2. The number of halogens is 1. The van der Waals surface area contributed by atoms with Crippen LogP contribution in [0.5, 0.6) is 0 Å².